The molecule has 30 heavy (non-hydrogen) atoms. The molecule has 2 aromatic rings. The predicted molar refractivity (Wildman–Crippen MR) is 108 cm³/mol. The molecule has 0 amide bonds. The van der Waals surface area contributed by atoms with Crippen molar-refractivity contribution in [1.82, 2.24) is 0 Å². The van der Waals surface area contributed by atoms with Gasteiger partial charge in [0.1, 0.15) is 6.10 Å². The van der Waals surface area contributed by atoms with Crippen molar-refractivity contribution in [1.29, 1.82) is 21.2 Å². The fourth-order valence-corrected chi connectivity index (χ4v) is 4.81. The lowest BCUT2D eigenvalue weighted by molar-refractivity contribution is -0.288. The monoisotopic (exact) mass is 416 g/mol. The van der Waals surface area contributed by atoms with Crippen molar-refractivity contribution >= 4 is 17.5 Å². The lowest BCUT2D eigenvalue weighted by Gasteiger charge is -2.48. The molecule has 4 unspecified atom stereocenters. The first-order valence-corrected chi connectivity index (χ1v) is 9.71. The Morgan fingerprint density at radius 3 is 2.27 bits per heavy atom. The van der Waals surface area contributed by atoms with Gasteiger partial charge in [0, 0.05) is 10.6 Å². The van der Waals surface area contributed by atoms with Crippen LogP contribution in [0.5, 0.6) is 0 Å². The van der Waals surface area contributed by atoms with E-state index in [1.165, 1.54) is 0 Å². The number of halogens is 1. The van der Waals surface area contributed by atoms with Crippen molar-refractivity contribution in [2.45, 2.75) is 25.7 Å². The van der Waals surface area contributed by atoms with E-state index in [-0.39, 0.29) is 0 Å². The summed E-state index contributed by atoms with van der Waals surface area (Å²) in [4.78, 5) is 0. The van der Waals surface area contributed by atoms with Crippen LogP contribution in [0.3, 0.4) is 0 Å². The normalized spacial score (nSPS) is 31.1. The largest absolute Gasteiger partial charge is 0.443 e. The quantitative estimate of drug-likeness (QED) is 0.757. The molecular weight excluding hydrogens is 400 g/mol. The summed E-state index contributed by atoms with van der Waals surface area (Å²) in [6.45, 7) is 3.59. The minimum Gasteiger partial charge on any atom is -0.443 e. The summed E-state index contributed by atoms with van der Waals surface area (Å²) in [6.07, 6.45) is -1.12. The maximum atomic E-state index is 10.3. The van der Waals surface area contributed by atoms with Gasteiger partial charge in [-0.25, -0.2) is 0 Å². The summed E-state index contributed by atoms with van der Waals surface area (Å²) in [7, 11) is 0. The molecule has 0 aromatic heterocycles. The number of nitriles is 3. The average molecular weight is 417 g/mol. The lowest BCUT2D eigenvalue weighted by Crippen LogP contribution is -2.57. The van der Waals surface area contributed by atoms with Crippen LogP contribution in [0.1, 0.15) is 29.7 Å². The van der Waals surface area contributed by atoms with Crippen LogP contribution >= 0.6 is 11.6 Å². The van der Waals surface area contributed by atoms with Gasteiger partial charge in [-0.15, -0.1) is 0 Å². The second-order valence-electron chi connectivity index (χ2n) is 7.69. The number of aryl methyl sites for hydroxylation is 1. The number of ether oxygens (including phenoxy) is 2. The second kappa shape index (κ2) is 6.57. The topological polar surface area (TPSA) is 114 Å². The second-order valence-corrected chi connectivity index (χ2v) is 8.13. The molecule has 1 N–H and O–H groups in total. The fourth-order valence-electron chi connectivity index (χ4n) is 4.61. The molecule has 0 saturated carbocycles. The Kier molecular flexibility index (Phi) is 4.37. The number of hydrogen-bond donors (Lipinski definition) is 1. The van der Waals surface area contributed by atoms with Crippen LogP contribution in [0.4, 0.5) is 0 Å². The number of fused-ring (bicyclic) bond motifs is 2. The van der Waals surface area contributed by atoms with Crippen LogP contribution in [-0.2, 0) is 15.3 Å². The van der Waals surface area contributed by atoms with Gasteiger partial charge in [0.25, 0.3) is 0 Å². The third-order valence-electron chi connectivity index (χ3n) is 6.28. The first-order valence-electron chi connectivity index (χ1n) is 9.33. The Morgan fingerprint density at radius 1 is 1.03 bits per heavy atom. The van der Waals surface area contributed by atoms with Crippen molar-refractivity contribution in [3.8, 4) is 18.2 Å². The van der Waals surface area contributed by atoms with Gasteiger partial charge in [0.15, 0.2) is 5.41 Å². The molecule has 148 valence electrons. The third kappa shape index (κ3) is 2.22. The first kappa shape index (κ1) is 19.9. The van der Waals surface area contributed by atoms with Gasteiger partial charge in [0.05, 0.1) is 24.1 Å². The van der Waals surface area contributed by atoms with Crippen LogP contribution in [0.2, 0.25) is 5.02 Å². The summed E-state index contributed by atoms with van der Waals surface area (Å²) in [5.41, 5.74) is -1.74. The van der Waals surface area contributed by atoms with Crippen molar-refractivity contribution < 1.29 is 9.47 Å². The Labute approximate surface area is 179 Å². The Bertz CT molecular complexity index is 1160. The lowest BCUT2D eigenvalue weighted by atomic mass is 9.53. The minimum absolute atomic E-state index is 0.437. The molecule has 6 nitrogen and oxygen atoms in total. The SMILES string of the molecule is Cc1ccc(C2OC3(c4cccc(Cl)c4)OC(=N)C(C#N)(C3C)C2(C#N)C#N)cc1. The summed E-state index contributed by atoms with van der Waals surface area (Å²) in [5, 5.41) is 39.7. The van der Waals surface area contributed by atoms with Crippen LogP contribution in [0.25, 0.3) is 0 Å². The average Bonchev–Trinajstić information content (AvgIpc) is 2.91. The van der Waals surface area contributed by atoms with Crippen LogP contribution in [-0.4, -0.2) is 5.90 Å². The van der Waals surface area contributed by atoms with Gasteiger partial charge >= 0.3 is 0 Å². The molecule has 2 fully saturated rings. The van der Waals surface area contributed by atoms with Gasteiger partial charge in [-0.3, -0.25) is 5.41 Å². The van der Waals surface area contributed by atoms with Crippen molar-refractivity contribution in [2.24, 2.45) is 16.7 Å². The van der Waals surface area contributed by atoms with E-state index in [9.17, 15) is 15.8 Å². The van der Waals surface area contributed by atoms with Crippen molar-refractivity contribution in [2.75, 3.05) is 0 Å². The highest BCUT2D eigenvalue weighted by Crippen LogP contribution is 2.69. The molecule has 4 atom stereocenters. The third-order valence-corrected chi connectivity index (χ3v) is 6.51. The van der Waals surface area contributed by atoms with Crippen LogP contribution in [0, 0.1) is 63.1 Å². The highest BCUT2D eigenvalue weighted by molar-refractivity contribution is 6.30. The summed E-state index contributed by atoms with van der Waals surface area (Å²) < 4.78 is 12.4. The fraction of sp³-hybridized carbons (Fsp3) is 0.304. The standard InChI is InChI=1S/C23H17ClN4O2/c1-14-6-8-16(9-7-14)19-21(11-25,12-26)22(13-27)15(2)23(29-19,30-20(22)28)17-4-3-5-18(24)10-17/h3-10,15,19,28H,1-2H3. The summed E-state index contributed by atoms with van der Waals surface area (Å²) >= 11 is 6.20. The van der Waals surface area contributed by atoms with Crippen LogP contribution in [0.15, 0.2) is 48.5 Å². The van der Waals surface area contributed by atoms with Gasteiger partial charge in [0.2, 0.25) is 17.1 Å². The number of nitrogens with zero attached hydrogens (tertiary/aromatic N) is 3. The van der Waals surface area contributed by atoms with E-state index in [1.807, 2.05) is 31.2 Å². The Hall–Kier alpha value is -3.37. The van der Waals surface area contributed by atoms with E-state index in [1.54, 1.807) is 43.3 Å². The van der Waals surface area contributed by atoms with E-state index >= 15 is 0 Å². The summed E-state index contributed by atoms with van der Waals surface area (Å²) in [5.74, 6) is -2.80. The maximum Gasteiger partial charge on any atom is 0.244 e. The van der Waals surface area contributed by atoms with E-state index in [4.69, 9.17) is 26.5 Å². The molecule has 2 aromatic carbocycles. The number of benzene rings is 2. The van der Waals surface area contributed by atoms with E-state index in [0.29, 0.717) is 16.1 Å². The Balaban J connectivity index is 2.04. The van der Waals surface area contributed by atoms with E-state index < -0.39 is 34.5 Å². The molecule has 2 aliphatic heterocycles. The molecule has 4 rings (SSSR count). The maximum absolute atomic E-state index is 10.3. The zero-order chi connectivity index (χ0) is 21.7. The number of nitrogens with one attached hydrogen (secondary N) is 1. The van der Waals surface area contributed by atoms with E-state index in [0.717, 1.165) is 5.56 Å². The molecule has 2 aliphatic rings. The Morgan fingerprint density at radius 2 is 1.70 bits per heavy atom. The smallest absolute Gasteiger partial charge is 0.244 e. The first-order chi connectivity index (χ1) is 14.3. The molecule has 2 bridgehead atoms. The zero-order valence-corrected chi connectivity index (χ0v) is 17.1. The molecular formula is C23H17ClN4O2. The number of rotatable bonds is 2. The van der Waals surface area contributed by atoms with Gasteiger partial charge in [-0.2, -0.15) is 15.8 Å². The highest BCUT2D eigenvalue weighted by Gasteiger charge is 2.79. The molecule has 0 aliphatic carbocycles. The minimum atomic E-state index is -1.98. The molecule has 0 radical (unpaired) electrons. The number of hydrogen-bond acceptors (Lipinski definition) is 6. The molecule has 2 saturated heterocycles. The van der Waals surface area contributed by atoms with Gasteiger partial charge in [-0.05, 0) is 24.6 Å². The zero-order valence-electron chi connectivity index (χ0n) is 16.3. The molecule has 7 heteroatoms. The van der Waals surface area contributed by atoms with Crippen molar-refractivity contribution in [3.05, 3.63) is 70.2 Å². The molecule has 0 spiro atoms. The van der Waals surface area contributed by atoms with E-state index in [2.05, 4.69) is 6.07 Å². The summed E-state index contributed by atoms with van der Waals surface area (Å²) in [6, 6.07) is 20.2. The van der Waals surface area contributed by atoms with Gasteiger partial charge in [-0.1, -0.05) is 60.5 Å². The van der Waals surface area contributed by atoms with Crippen LogP contribution < -0.4 is 0 Å². The molecule has 2 heterocycles. The van der Waals surface area contributed by atoms with Gasteiger partial charge < -0.3 is 9.47 Å². The van der Waals surface area contributed by atoms with Crippen molar-refractivity contribution in [3.63, 3.8) is 0 Å². The predicted octanol–water partition coefficient (Wildman–Crippen LogP) is 4.76. The highest BCUT2D eigenvalue weighted by atomic mass is 35.5.